The Kier molecular flexibility index (Phi) is 6.77. The molecule has 3 aliphatic heterocycles. The summed E-state index contributed by atoms with van der Waals surface area (Å²) >= 11 is 0. The maximum atomic E-state index is 14.5. The van der Waals surface area contributed by atoms with Crippen molar-refractivity contribution in [2.24, 2.45) is 11.3 Å². The summed E-state index contributed by atoms with van der Waals surface area (Å²) in [7, 11) is 0. The van der Waals surface area contributed by atoms with Gasteiger partial charge in [-0.25, -0.2) is 9.37 Å². The molecule has 1 aliphatic carbocycles. The maximum absolute atomic E-state index is 14.5. The predicted molar refractivity (Wildman–Crippen MR) is 154 cm³/mol. The number of aromatic nitrogens is 3. The minimum Gasteiger partial charge on any atom is -0.434 e. The Labute approximate surface area is 244 Å². The first-order valence-electron chi connectivity index (χ1n) is 14.9. The van der Waals surface area contributed by atoms with Crippen LogP contribution in [0.4, 0.5) is 10.2 Å². The fourth-order valence-corrected chi connectivity index (χ4v) is 6.85. The molecule has 4 heterocycles. The molecule has 4 fully saturated rings. The van der Waals surface area contributed by atoms with Crippen molar-refractivity contribution in [1.82, 2.24) is 25.4 Å². The van der Waals surface area contributed by atoms with Gasteiger partial charge in [-0.2, -0.15) is 5.26 Å². The van der Waals surface area contributed by atoms with Crippen LogP contribution in [0, 0.1) is 28.5 Å². The molecule has 3 aromatic rings. The fourth-order valence-electron chi connectivity index (χ4n) is 6.85. The molecule has 4 aliphatic rings. The largest absolute Gasteiger partial charge is 0.434 e. The second-order valence-electron chi connectivity index (χ2n) is 12.4. The van der Waals surface area contributed by atoms with Gasteiger partial charge in [0.05, 0.1) is 17.7 Å². The summed E-state index contributed by atoms with van der Waals surface area (Å²) in [5, 5.41) is 21.1. The predicted octanol–water partition coefficient (Wildman–Crippen LogP) is 4.65. The number of piperidine rings is 1. The van der Waals surface area contributed by atoms with Gasteiger partial charge >= 0.3 is 0 Å². The third-order valence-electron chi connectivity index (χ3n) is 9.49. The summed E-state index contributed by atoms with van der Waals surface area (Å²) < 4.78 is 20.9. The molecule has 42 heavy (non-hydrogen) atoms. The SMILES string of the molecule is C[C@H]1CCN[C@@H]1C(=O)N1CCC2(CC1)CN(c1ncnnc1Oc1ccc(F)cc1-c1ccc(C#N)cc1C1CC1)C2. The van der Waals surface area contributed by atoms with Crippen LogP contribution in [0.2, 0.25) is 0 Å². The lowest BCUT2D eigenvalue weighted by Crippen LogP contribution is -2.62. The van der Waals surface area contributed by atoms with Gasteiger partial charge in [-0.3, -0.25) is 4.79 Å². The number of likely N-dealkylation sites (tertiary alicyclic amines) is 1. The van der Waals surface area contributed by atoms with Crippen LogP contribution in [0.15, 0.2) is 42.7 Å². The van der Waals surface area contributed by atoms with E-state index in [1.165, 1.54) is 18.5 Å². The van der Waals surface area contributed by atoms with Crippen LogP contribution in [0.25, 0.3) is 11.1 Å². The van der Waals surface area contributed by atoms with E-state index in [1.807, 2.05) is 17.0 Å². The molecule has 1 amide bonds. The number of anilines is 1. The topological polar surface area (TPSA) is 107 Å². The quantitative estimate of drug-likeness (QED) is 0.459. The van der Waals surface area contributed by atoms with E-state index >= 15 is 0 Å². The summed E-state index contributed by atoms with van der Waals surface area (Å²) in [6.07, 6.45) is 6.47. The molecule has 1 aromatic heterocycles. The fraction of sp³-hybridized carbons (Fsp3) is 0.469. The Morgan fingerprint density at radius 3 is 2.64 bits per heavy atom. The molecule has 9 nitrogen and oxygen atoms in total. The van der Waals surface area contributed by atoms with E-state index in [0.717, 1.165) is 76.0 Å². The Morgan fingerprint density at radius 2 is 1.93 bits per heavy atom. The molecule has 7 rings (SSSR count). The summed E-state index contributed by atoms with van der Waals surface area (Å²) in [6, 6.07) is 12.2. The van der Waals surface area contributed by atoms with Gasteiger partial charge in [0.1, 0.15) is 17.9 Å². The van der Waals surface area contributed by atoms with Gasteiger partial charge in [0.2, 0.25) is 5.91 Å². The zero-order valence-electron chi connectivity index (χ0n) is 23.7. The van der Waals surface area contributed by atoms with Gasteiger partial charge in [-0.1, -0.05) is 13.0 Å². The molecule has 0 radical (unpaired) electrons. The first-order chi connectivity index (χ1) is 20.4. The van der Waals surface area contributed by atoms with Gasteiger partial charge in [0, 0.05) is 37.2 Å². The van der Waals surface area contributed by atoms with Crippen molar-refractivity contribution < 1.29 is 13.9 Å². The Morgan fingerprint density at radius 1 is 1.12 bits per heavy atom. The summed E-state index contributed by atoms with van der Waals surface area (Å²) in [4.78, 5) is 21.8. The smallest absolute Gasteiger partial charge is 0.282 e. The number of ether oxygens (including phenoxy) is 1. The van der Waals surface area contributed by atoms with Gasteiger partial charge in [-0.05, 0) is 91.9 Å². The highest BCUT2D eigenvalue weighted by molar-refractivity contribution is 5.82. The molecule has 2 aromatic carbocycles. The van der Waals surface area contributed by atoms with E-state index in [1.54, 1.807) is 12.1 Å². The Bertz CT molecular complexity index is 1550. The molecule has 2 atom stereocenters. The molecule has 0 unspecified atom stereocenters. The van der Waals surface area contributed by atoms with Gasteiger partial charge in [0.25, 0.3) is 5.88 Å². The van der Waals surface area contributed by atoms with Crippen molar-refractivity contribution in [3.05, 3.63) is 59.7 Å². The first kappa shape index (κ1) is 26.8. The second kappa shape index (κ2) is 10.6. The number of rotatable bonds is 6. The average molecular weight is 568 g/mol. The van der Waals surface area contributed by atoms with Crippen LogP contribution in [0.1, 0.15) is 56.1 Å². The number of amides is 1. The van der Waals surface area contributed by atoms with Crippen molar-refractivity contribution in [2.75, 3.05) is 37.6 Å². The maximum Gasteiger partial charge on any atom is 0.282 e. The summed E-state index contributed by atoms with van der Waals surface area (Å²) in [6.45, 7) is 6.22. The van der Waals surface area contributed by atoms with Crippen LogP contribution >= 0.6 is 0 Å². The number of carbonyl (C=O) groups is 1. The number of nitrogens with one attached hydrogen (secondary N) is 1. The number of hydrogen-bond acceptors (Lipinski definition) is 8. The molecular weight excluding hydrogens is 533 g/mol. The normalized spacial score (nSPS) is 23.0. The van der Waals surface area contributed by atoms with E-state index in [-0.39, 0.29) is 29.1 Å². The number of nitrogens with zero attached hydrogens (tertiary/aromatic N) is 6. The van der Waals surface area contributed by atoms with E-state index < -0.39 is 0 Å². The molecule has 1 spiro atoms. The van der Waals surface area contributed by atoms with Crippen LogP contribution in [0.3, 0.4) is 0 Å². The molecule has 3 saturated heterocycles. The zero-order chi connectivity index (χ0) is 28.8. The number of benzene rings is 2. The standard InChI is InChI=1S/C32H34FN7O2/c1-20-8-11-35-28(20)31(41)39-12-9-32(10-13-39)17-40(18-32)29-30(38-37-19-36-29)42-27-7-5-23(33)15-26(27)24-6-2-21(16-34)14-25(24)22-3-4-22/h2,5-7,14-15,19-20,22,28,35H,3-4,8-13,17-18H2,1H3/t20-,28-/m0/s1. The molecular formula is C32H34FN7O2. The van der Waals surface area contributed by atoms with Crippen LogP contribution in [-0.4, -0.2) is 64.8 Å². The van der Waals surface area contributed by atoms with Crippen LogP contribution in [0.5, 0.6) is 11.6 Å². The van der Waals surface area contributed by atoms with Crippen molar-refractivity contribution in [3.63, 3.8) is 0 Å². The summed E-state index contributed by atoms with van der Waals surface area (Å²) in [5.41, 5.74) is 3.23. The van der Waals surface area contributed by atoms with E-state index in [2.05, 4.69) is 38.4 Å². The highest BCUT2D eigenvalue weighted by atomic mass is 19.1. The highest BCUT2D eigenvalue weighted by Gasteiger charge is 2.47. The Hall–Kier alpha value is -4.10. The van der Waals surface area contributed by atoms with Gasteiger partial charge in [-0.15, -0.1) is 10.2 Å². The van der Waals surface area contributed by atoms with Gasteiger partial charge < -0.3 is 19.9 Å². The van der Waals surface area contributed by atoms with Crippen molar-refractivity contribution >= 4 is 11.7 Å². The van der Waals surface area contributed by atoms with Crippen LogP contribution in [-0.2, 0) is 4.79 Å². The summed E-state index contributed by atoms with van der Waals surface area (Å²) in [5.74, 6) is 1.96. The third-order valence-corrected chi connectivity index (χ3v) is 9.49. The second-order valence-corrected chi connectivity index (χ2v) is 12.4. The molecule has 1 N–H and O–H groups in total. The van der Waals surface area contributed by atoms with Crippen molar-refractivity contribution in [1.29, 1.82) is 5.26 Å². The van der Waals surface area contributed by atoms with E-state index in [0.29, 0.717) is 34.5 Å². The molecule has 10 heteroatoms. The van der Waals surface area contributed by atoms with E-state index in [9.17, 15) is 14.4 Å². The number of carbonyl (C=O) groups excluding carboxylic acids is 1. The lowest BCUT2D eigenvalue weighted by Gasteiger charge is -2.54. The van der Waals surface area contributed by atoms with Crippen molar-refractivity contribution in [3.8, 4) is 28.8 Å². The molecule has 1 saturated carbocycles. The Balaban J connectivity index is 1.08. The highest BCUT2D eigenvalue weighted by Crippen LogP contribution is 2.48. The lowest BCUT2D eigenvalue weighted by molar-refractivity contribution is -0.136. The van der Waals surface area contributed by atoms with E-state index in [4.69, 9.17) is 4.74 Å². The lowest BCUT2D eigenvalue weighted by atomic mass is 9.72. The van der Waals surface area contributed by atoms with Gasteiger partial charge in [0.15, 0.2) is 5.82 Å². The third kappa shape index (κ3) is 4.96. The molecule has 0 bridgehead atoms. The number of nitriles is 1. The minimum atomic E-state index is -0.367. The first-order valence-corrected chi connectivity index (χ1v) is 14.9. The molecule has 216 valence electrons. The number of hydrogen-bond donors (Lipinski definition) is 1. The monoisotopic (exact) mass is 567 g/mol. The van der Waals surface area contributed by atoms with Crippen molar-refractivity contribution in [2.45, 2.75) is 51.0 Å². The number of halogens is 1. The minimum absolute atomic E-state index is 0.0512. The average Bonchev–Trinajstić information content (AvgIpc) is 3.76. The zero-order valence-corrected chi connectivity index (χ0v) is 23.7. The van der Waals surface area contributed by atoms with Crippen LogP contribution < -0.4 is 15.0 Å².